The second-order valence-corrected chi connectivity index (χ2v) is 5.21. The topological polar surface area (TPSA) is 33.2 Å². The number of nitrogens with zero attached hydrogens (tertiary/aromatic N) is 2. The Balaban J connectivity index is 2.45. The molecule has 0 spiro atoms. The van der Waals surface area contributed by atoms with E-state index in [1.54, 1.807) is 24.2 Å². The summed E-state index contributed by atoms with van der Waals surface area (Å²) in [6.45, 7) is 5.98. The van der Waals surface area contributed by atoms with E-state index in [1.807, 2.05) is 38.1 Å². The number of anilines is 1. The third-order valence-corrected chi connectivity index (χ3v) is 3.69. The molecule has 0 aliphatic carbocycles. The van der Waals surface area contributed by atoms with Gasteiger partial charge in [-0.1, -0.05) is 23.7 Å². The van der Waals surface area contributed by atoms with Crippen LogP contribution in [0.4, 0.5) is 5.69 Å². The predicted octanol–water partition coefficient (Wildman–Crippen LogP) is 3.90. The molecule has 0 radical (unpaired) electrons. The van der Waals surface area contributed by atoms with Gasteiger partial charge in [0, 0.05) is 24.3 Å². The molecule has 0 fully saturated rings. The Morgan fingerprint density at radius 1 is 1.30 bits per heavy atom. The summed E-state index contributed by atoms with van der Waals surface area (Å²) in [5.74, 6) is -0.0117. The lowest BCUT2D eigenvalue weighted by atomic mass is 10.1. The fourth-order valence-electron chi connectivity index (χ4n) is 2.25. The molecule has 3 nitrogen and oxygen atoms in total. The minimum atomic E-state index is -0.0117. The predicted molar refractivity (Wildman–Crippen MR) is 82.0 cm³/mol. The SMILES string of the molecule is CC(=O)N(Cc1cccnc1)c1c(C)ccc(Cl)c1C. The van der Waals surface area contributed by atoms with Crippen LogP contribution in [0.2, 0.25) is 5.02 Å². The quantitative estimate of drug-likeness (QED) is 0.858. The highest BCUT2D eigenvalue weighted by Gasteiger charge is 2.18. The Bertz CT molecular complexity index is 626. The molecule has 1 heterocycles. The molecule has 0 bridgehead atoms. The fourth-order valence-corrected chi connectivity index (χ4v) is 2.40. The minimum absolute atomic E-state index is 0.0117. The first-order valence-electron chi connectivity index (χ1n) is 6.43. The number of aryl methyl sites for hydroxylation is 1. The van der Waals surface area contributed by atoms with E-state index in [4.69, 9.17) is 11.6 Å². The van der Waals surface area contributed by atoms with Crippen LogP contribution < -0.4 is 4.90 Å². The van der Waals surface area contributed by atoms with Crippen molar-refractivity contribution in [3.63, 3.8) is 0 Å². The van der Waals surface area contributed by atoms with Crippen molar-refractivity contribution in [2.45, 2.75) is 27.3 Å². The fraction of sp³-hybridized carbons (Fsp3) is 0.250. The van der Waals surface area contributed by atoms with Crippen LogP contribution in [0, 0.1) is 13.8 Å². The molecule has 1 amide bonds. The van der Waals surface area contributed by atoms with Gasteiger partial charge in [0.2, 0.25) is 5.91 Å². The zero-order valence-electron chi connectivity index (χ0n) is 11.9. The molecule has 1 aromatic heterocycles. The van der Waals surface area contributed by atoms with Gasteiger partial charge in [0.05, 0.1) is 12.2 Å². The van der Waals surface area contributed by atoms with Crippen LogP contribution in [0.15, 0.2) is 36.7 Å². The Morgan fingerprint density at radius 3 is 2.65 bits per heavy atom. The number of amides is 1. The molecule has 104 valence electrons. The van der Waals surface area contributed by atoms with E-state index >= 15 is 0 Å². The van der Waals surface area contributed by atoms with Crippen molar-refractivity contribution >= 4 is 23.2 Å². The highest BCUT2D eigenvalue weighted by molar-refractivity contribution is 6.31. The standard InChI is InChI=1S/C16H17ClN2O/c1-11-6-7-15(17)12(2)16(11)19(13(3)20)10-14-5-4-8-18-9-14/h4-9H,10H2,1-3H3. The number of aromatic nitrogens is 1. The maximum atomic E-state index is 12.0. The van der Waals surface area contributed by atoms with Crippen molar-refractivity contribution in [3.05, 3.63) is 58.4 Å². The number of pyridine rings is 1. The number of carbonyl (C=O) groups excluding carboxylic acids is 1. The van der Waals surface area contributed by atoms with Crippen LogP contribution in [0.1, 0.15) is 23.6 Å². The number of hydrogen-bond donors (Lipinski definition) is 0. The molecule has 20 heavy (non-hydrogen) atoms. The van der Waals surface area contributed by atoms with Crippen LogP contribution in [0.3, 0.4) is 0 Å². The summed E-state index contributed by atoms with van der Waals surface area (Å²) in [6.07, 6.45) is 3.49. The second-order valence-electron chi connectivity index (χ2n) is 4.80. The first-order valence-corrected chi connectivity index (χ1v) is 6.81. The molecule has 0 saturated heterocycles. The molecule has 2 rings (SSSR count). The van der Waals surface area contributed by atoms with Gasteiger partial charge in [-0.25, -0.2) is 0 Å². The lowest BCUT2D eigenvalue weighted by molar-refractivity contribution is -0.116. The van der Waals surface area contributed by atoms with E-state index in [1.165, 1.54) is 0 Å². The number of carbonyl (C=O) groups is 1. The summed E-state index contributed by atoms with van der Waals surface area (Å²) in [5, 5.41) is 0.669. The van der Waals surface area contributed by atoms with Crippen molar-refractivity contribution in [1.29, 1.82) is 0 Å². The molecular weight excluding hydrogens is 272 g/mol. The van der Waals surface area contributed by atoms with Crippen LogP contribution in [-0.4, -0.2) is 10.9 Å². The van der Waals surface area contributed by atoms with Crippen molar-refractivity contribution in [3.8, 4) is 0 Å². The largest absolute Gasteiger partial charge is 0.308 e. The Morgan fingerprint density at radius 2 is 2.05 bits per heavy atom. The number of hydrogen-bond acceptors (Lipinski definition) is 2. The van der Waals surface area contributed by atoms with E-state index in [2.05, 4.69) is 4.98 Å². The number of rotatable bonds is 3. The van der Waals surface area contributed by atoms with Crippen molar-refractivity contribution in [2.24, 2.45) is 0 Å². The van der Waals surface area contributed by atoms with Gasteiger partial charge in [-0.2, -0.15) is 0 Å². The average Bonchev–Trinajstić information content (AvgIpc) is 2.43. The molecule has 0 atom stereocenters. The van der Waals surface area contributed by atoms with Gasteiger partial charge in [-0.05, 0) is 42.7 Å². The molecule has 0 unspecified atom stereocenters. The van der Waals surface area contributed by atoms with Crippen LogP contribution in [0.25, 0.3) is 0 Å². The van der Waals surface area contributed by atoms with Gasteiger partial charge in [0.25, 0.3) is 0 Å². The Hall–Kier alpha value is -1.87. The highest BCUT2D eigenvalue weighted by atomic mass is 35.5. The zero-order valence-corrected chi connectivity index (χ0v) is 12.6. The van der Waals surface area contributed by atoms with E-state index in [9.17, 15) is 4.79 Å². The summed E-state index contributed by atoms with van der Waals surface area (Å²) >= 11 is 6.19. The lowest BCUT2D eigenvalue weighted by Gasteiger charge is -2.25. The molecule has 0 aliphatic rings. The van der Waals surface area contributed by atoms with Gasteiger partial charge in [-0.15, -0.1) is 0 Å². The van der Waals surface area contributed by atoms with Crippen molar-refractivity contribution in [2.75, 3.05) is 4.90 Å². The van der Waals surface area contributed by atoms with Gasteiger partial charge >= 0.3 is 0 Å². The van der Waals surface area contributed by atoms with E-state index in [-0.39, 0.29) is 5.91 Å². The van der Waals surface area contributed by atoms with Gasteiger partial charge < -0.3 is 4.90 Å². The van der Waals surface area contributed by atoms with Crippen LogP contribution >= 0.6 is 11.6 Å². The first-order chi connectivity index (χ1) is 9.50. The highest BCUT2D eigenvalue weighted by Crippen LogP contribution is 2.31. The van der Waals surface area contributed by atoms with Crippen molar-refractivity contribution < 1.29 is 4.79 Å². The molecular formula is C16H17ClN2O. The summed E-state index contributed by atoms with van der Waals surface area (Å²) < 4.78 is 0. The second kappa shape index (κ2) is 6.06. The zero-order chi connectivity index (χ0) is 14.7. The molecule has 1 aromatic carbocycles. The van der Waals surface area contributed by atoms with Gasteiger partial charge in [0.15, 0.2) is 0 Å². The van der Waals surface area contributed by atoms with E-state index in [0.717, 1.165) is 22.4 Å². The van der Waals surface area contributed by atoms with Crippen molar-refractivity contribution in [1.82, 2.24) is 4.98 Å². The third kappa shape index (κ3) is 2.99. The van der Waals surface area contributed by atoms with Crippen LogP contribution in [0.5, 0.6) is 0 Å². The third-order valence-electron chi connectivity index (χ3n) is 3.28. The summed E-state index contributed by atoms with van der Waals surface area (Å²) in [5.41, 5.74) is 3.83. The minimum Gasteiger partial charge on any atom is -0.308 e. The lowest BCUT2D eigenvalue weighted by Crippen LogP contribution is -2.29. The maximum absolute atomic E-state index is 12.0. The monoisotopic (exact) mass is 288 g/mol. The van der Waals surface area contributed by atoms with Crippen LogP contribution in [-0.2, 0) is 11.3 Å². The number of halogens is 1. The molecule has 0 saturated carbocycles. The van der Waals surface area contributed by atoms with Gasteiger partial charge in [0.1, 0.15) is 0 Å². The molecule has 4 heteroatoms. The molecule has 0 N–H and O–H groups in total. The van der Waals surface area contributed by atoms with E-state index in [0.29, 0.717) is 11.6 Å². The molecule has 2 aromatic rings. The number of benzene rings is 1. The summed E-state index contributed by atoms with van der Waals surface area (Å²) in [7, 11) is 0. The maximum Gasteiger partial charge on any atom is 0.224 e. The Kier molecular flexibility index (Phi) is 4.40. The summed E-state index contributed by atoms with van der Waals surface area (Å²) in [4.78, 5) is 17.9. The normalized spacial score (nSPS) is 10.4. The summed E-state index contributed by atoms with van der Waals surface area (Å²) in [6, 6.07) is 7.62. The average molecular weight is 289 g/mol. The van der Waals surface area contributed by atoms with E-state index < -0.39 is 0 Å². The smallest absolute Gasteiger partial charge is 0.224 e. The first kappa shape index (κ1) is 14.5. The Labute approximate surface area is 124 Å². The van der Waals surface area contributed by atoms with Gasteiger partial charge in [-0.3, -0.25) is 9.78 Å². The molecule has 0 aliphatic heterocycles.